The van der Waals surface area contributed by atoms with Crippen molar-refractivity contribution in [1.82, 2.24) is 0 Å². The van der Waals surface area contributed by atoms with Gasteiger partial charge in [0, 0.05) is 5.92 Å². The zero-order valence-electron chi connectivity index (χ0n) is 34.4. The molecule has 19 atom stereocenters. The molecule has 7 aliphatic rings. The largest absolute Gasteiger partial charge is 0.481 e. The van der Waals surface area contributed by atoms with E-state index in [1.165, 1.54) is 0 Å². The molecule has 0 spiro atoms. The molecule has 16 nitrogen and oxygen atoms in total. The van der Waals surface area contributed by atoms with Gasteiger partial charge in [0.2, 0.25) is 0 Å². The number of carboxylic acid groups (broad SMARTS) is 3. The van der Waals surface area contributed by atoms with Crippen LogP contribution in [0.25, 0.3) is 0 Å². The highest BCUT2D eigenvalue weighted by molar-refractivity contribution is 5.95. The molecule has 7 rings (SSSR count). The van der Waals surface area contributed by atoms with Crippen LogP contribution in [0.2, 0.25) is 0 Å². The van der Waals surface area contributed by atoms with E-state index in [2.05, 4.69) is 27.7 Å². The maximum Gasteiger partial charge on any atom is 0.335 e. The number of allylic oxidation sites excluding steroid dienone is 2. The van der Waals surface area contributed by atoms with Gasteiger partial charge in [-0.25, -0.2) is 9.59 Å². The van der Waals surface area contributed by atoms with Crippen molar-refractivity contribution in [3.05, 3.63) is 11.6 Å². The number of aliphatic hydroxyl groups is 5. The van der Waals surface area contributed by atoms with Crippen molar-refractivity contribution >= 4 is 23.7 Å². The predicted octanol–water partition coefficient (Wildman–Crippen LogP) is 2.25. The number of carbonyl (C=O) groups is 4. The minimum absolute atomic E-state index is 0.0217. The molecule has 0 aromatic carbocycles. The maximum absolute atomic E-state index is 14.8. The van der Waals surface area contributed by atoms with Crippen molar-refractivity contribution in [2.45, 2.75) is 174 Å². The van der Waals surface area contributed by atoms with Gasteiger partial charge in [-0.3, -0.25) is 9.59 Å². The molecule has 0 aromatic rings. The fourth-order valence-electron chi connectivity index (χ4n) is 13.4. The van der Waals surface area contributed by atoms with Crippen molar-refractivity contribution in [1.29, 1.82) is 0 Å². The van der Waals surface area contributed by atoms with E-state index in [0.717, 1.165) is 37.7 Å². The minimum Gasteiger partial charge on any atom is -0.481 e. The lowest BCUT2D eigenvalue weighted by Gasteiger charge is -2.70. The summed E-state index contributed by atoms with van der Waals surface area (Å²) < 4.78 is 23.4. The predicted molar refractivity (Wildman–Crippen MR) is 199 cm³/mol. The average Bonchev–Trinajstić information content (AvgIpc) is 3.13. The molecule has 8 N–H and O–H groups in total. The molecule has 2 saturated heterocycles. The molecular formula is C42H62O16. The van der Waals surface area contributed by atoms with Crippen molar-refractivity contribution in [2.75, 3.05) is 0 Å². The van der Waals surface area contributed by atoms with E-state index in [9.17, 15) is 60.0 Å². The van der Waals surface area contributed by atoms with Gasteiger partial charge >= 0.3 is 17.9 Å². The van der Waals surface area contributed by atoms with E-state index in [-0.39, 0.29) is 34.4 Å². The fourth-order valence-corrected chi connectivity index (χ4v) is 13.4. The highest BCUT2D eigenvalue weighted by atomic mass is 16.8. The fraction of sp³-hybridized carbons (Fsp3) is 0.857. The Balaban J connectivity index is 1.17. The van der Waals surface area contributed by atoms with Gasteiger partial charge in [-0.15, -0.1) is 0 Å². The van der Waals surface area contributed by atoms with Crippen LogP contribution in [0.15, 0.2) is 11.6 Å². The summed E-state index contributed by atoms with van der Waals surface area (Å²) in [5.41, 5.74) is -1.81. The van der Waals surface area contributed by atoms with E-state index >= 15 is 0 Å². The third-order valence-corrected chi connectivity index (χ3v) is 17.2. The van der Waals surface area contributed by atoms with Crippen LogP contribution >= 0.6 is 0 Å². The zero-order chi connectivity index (χ0) is 42.9. The lowest BCUT2D eigenvalue weighted by atomic mass is 9.33. The van der Waals surface area contributed by atoms with Crippen LogP contribution in [-0.2, 0) is 38.1 Å². The van der Waals surface area contributed by atoms with Gasteiger partial charge in [-0.1, -0.05) is 47.1 Å². The summed E-state index contributed by atoms with van der Waals surface area (Å²) in [4.78, 5) is 51.3. The number of aliphatic hydroxyl groups excluding tert-OH is 5. The number of rotatable bonds is 7. The third-order valence-electron chi connectivity index (χ3n) is 17.2. The van der Waals surface area contributed by atoms with Crippen LogP contribution in [0.4, 0.5) is 0 Å². The summed E-state index contributed by atoms with van der Waals surface area (Å²) >= 11 is 0. The number of hydrogen-bond acceptors (Lipinski definition) is 13. The first-order chi connectivity index (χ1) is 26.8. The maximum atomic E-state index is 14.8. The molecule has 2 heterocycles. The summed E-state index contributed by atoms with van der Waals surface area (Å²) in [5.74, 6) is -4.47. The molecule has 58 heavy (non-hydrogen) atoms. The molecule has 4 saturated carbocycles. The van der Waals surface area contributed by atoms with Gasteiger partial charge in [-0.2, -0.15) is 0 Å². The van der Waals surface area contributed by atoms with Gasteiger partial charge in [0.25, 0.3) is 0 Å². The van der Waals surface area contributed by atoms with Crippen molar-refractivity contribution in [2.24, 2.45) is 50.2 Å². The molecule has 326 valence electrons. The summed E-state index contributed by atoms with van der Waals surface area (Å²) in [6, 6.07) is 0. The van der Waals surface area contributed by atoms with E-state index in [4.69, 9.17) is 18.9 Å². The van der Waals surface area contributed by atoms with Gasteiger partial charge in [0.05, 0.1) is 11.5 Å². The Morgan fingerprint density at radius 1 is 0.690 bits per heavy atom. The van der Waals surface area contributed by atoms with Gasteiger partial charge in [0.15, 0.2) is 30.6 Å². The Morgan fingerprint density at radius 3 is 1.88 bits per heavy atom. The number of carboxylic acids is 3. The SMILES string of the molecule is CC1(C)[C@@H](O[C@@H]2O[C@H](C(=O)O)[C@H](O)[C@H](O)[C@@H]2O[C@@H]2O[C@H](C(=O)O)[C@H](O)[C@H](O)[C@@H]2O)CC[C@@]2(C)[C@H]3C(=O)C=C4[C@H]5C[C@@](C)(C(=O)O)CC[C@]5(C)CC[C@@]4(C)[C@]3(C)CC[C@@H]12. The smallest absolute Gasteiger partial charge is 0.335 e. The third kappa shape index (κ3) is 6.25. The van der Waals surface area contributed by atoms with Crippen molar-refractivity contribution in [3.63, 3.8) is 0 Å². The summed E-state index contributed by atoms with van der Waals surface area (Å²) in [6.07, 6.45) is -12.2. The van der Waals surface area contributed by atoms with E-state index < -0.39 is 107 Å². The Morgan fingerprint density at radius 2 is 1.28 bits per heavy atom. The normalized spacial score (nSPS) is 52.6. The quantitative estimate of drug-likeness (QED) is 0.171. The zero-order valence-corrected chi connectivity index (χ0v) is 34.4. The van der Waals surface area contributed by atoms with Crippen molar-refractivity contribution < 1.29 is 79.0 Å². The molecule has 16 heteroatoms. The molecular weight excluding hydrogens is 760 g/mol. The molecule has 2 aliphatic heterocycles. The molecule has 6 fully saturated rings. The average molecular weight is 823 g/mol. The van der Waals surface area contributed by atoms with Crippen LogP contribution in [0.3, 0.4) is 0 Å². The van der Waals surface area contributed by atoms with Gasteiger partial charge < -0.3 is 59.8 Å². The van der Waals surface area contributed by atoms with Crippen LogP contribution in [-0.4, -0.2) is 132 Å². The minimum atomic E-state index is -2.05. The first kappa shape index (κ1) is 43.5. The standard InChI is InChI=1S/C42H62O16/c1-37(2)21-8-11-42(7)31(20(43)16-18-19-17-39(4,36(53)54)13-12-38(19,3)14-15-41(18,42)6)40(21,5)10-9-22(37)55-35-30(26(47)25(46)29(57-35)33(51)52)58-34-27(48)23(44)24(45)28(56-34)32(49)50/h16,19,21-31,34-35,44-48H,8-15,17H2,1-7H3,(H,49,50)(H,51,52)(H,53,54)/t19-,21+,22+,23+,24-,25-,26+,27+,28+,29+,30+,31-,34+,35-,38-,39+,40-,41-,42-/m1/s1. The van der Waals surface area contributed by atoms with Crippen LogP contribution < -0.4 is 0 Å². The van der Waals surface area contributed by atoms with Crippen molar-refractivity contribution in [3.8, 4) is 0 Å². The van der Waals surface area contributed by atoms with Crippen LogP contribution in [0.1, 0.15) is 106 Å². The van der Waals surface area contributed by atoms with E-state index in [0.29, 0.717) is 25.7 Å². The van der Waals surface area contributed by atoms with E-state index in [1.807, 2.05) is 26.8 Å². The number of ether oxygens (including phenoxy) is 4. The first-order valence-corrected chi connectivity index (χ1v) is 20.7. The summed E-state index contributed by atoms with van der Waals surface area (Å²) in [6.45, 7) is 14.8. The first-order valence-electron chi connectivity index (χ1n) is 20.7. The molecule has 5 aliphatic carbocycles. The number of aliphatic carboxylic acids is 3. The van der Waals surface area contributed by atoms with Crippen LogP contribution in [0, 0.1) is 50.2 Å². The second kappa shape index (κ2) is 14.3. The van der Waals surface area contributed by atoms with E-state index in [1.54, 1.807) is 0 Å². The molecule has 0 unspecified atom stereocenters. The lowest BCUT2D eigenvalue weighted by molar-refractivity contribution is -0.371. The highest BCUT2D eigenvalue weighted by Crippen LogP contribution is 2.75. The summed E-state index contributed by atoms with van der Waals surface area (Å²) in [7, 11) is 0. The molecule has 0 amide bonds. The lowest BCUT2D eigenvalue weighted by Crippen LogP contribution is -2.68. The Bertz CT molecular complexity index is 1730. The second-order valence-corrected chi connectivity index (χ2v) is 20.6. The molecule has 0 aromatic heterocycles. The Labute approximate surface area is 337 Å². The summed E-state index contributed by atoms with van der Waals surface area (Å²) in [5, 5.41) is 83.0. The monoisotopic (exact) mass is 822 g/mol. The Hall–Kier alpha value is -2.54. The number of hydrogen-bond donors (Lipinski definition) is 8. The number of carbonyl (C=O) groups excluding carboxylic acids is 1. The Kier molecular flexibility index (Phi) is 10.7. The van der Waals surface area contributed by atoms with Gasteiger partial charge in [0.1, 0.15) is 36.6 Å². The second-order valence-electron chi connectivity index (χ2n) is 20.6. The van der Waals surface area contributed by atoms with Gasteiger partial charge in [-0.05, 0) is 110 Å². The highest BCUT2D eigenvalue weighted by Gasteiger charge is 2.71. The topological polar surface area (TPSA) is 267 Å². The van der Waals surface area contributed by atoms with Crippen LogP contribution in [0.5, 0.6) is 0 Å². The number of ketones is 1. The molecule has 0 bridgehead atoms. The molecule has 0 radical (unpaired) electrons. The number of fused-ring (bicyclic) bond motifs is 7.